The van der Waals surface area contributed by atoms with Crippen LogP contribution in [0.2, 0.25) is 0 Å². The summed E-state index contributed by atoms with van der Waals surface area (Å²) >= 11 is 4.09. The Balaban J connectivity index is 2.80. The summed E-state index contributed by atoms with van der Waals surface area (Å²) in [4.78, 5) is 12.0. The zero-order valence-corrected chi connectivity index (χ0v) is 13.3. The minimum Gasteiger partial charge on any atom is -0.464 e. The van der Waals surface area contributed by atoms with Crippen molar-refractivity contribution < 1.29 is 22.7 Å². The van der Waals surface area contributed by atoms with Crippen LogP contribution in [0.5, 0.6) is 0 Å². The van der Waals surface area contributed by atoms with E-state index >= 15 is 0 Å². The van der Waals surface area contributed by atoms with Crippen molar-refractivity contribution in [3.8, 4) is 11.8 Å². The van der Waals surface area contributed by atoms with Gasteiger partial charge in [0, 0.05) is 11.9 Å². The van der Waals surface area contributed by atoms with E-state index in [1.807, 2.05) is 0 Å². The molecule has 0 bridgehead atoms. The van der Waals surface area contributed by atoms with Crippen molar-refractivity contribution in [3.63, 3.8) is 0 Å². The second-order valence-electron chi connectivity index (χ2n) is 4.78. The Morgan fingerprint density at radius 2 is 2.12 bits per heavy atom. The summed E-state index contributed by atoms with van der Waals surface area (Å²) in [5.74, 6) is -0.745. The number of anilines is 1. The molecule has 0 amide bonds. The van der Waals surface area contributed by atoms with Crippen molar-refractivity contribution in [1.82, 2.24) is 4.57 Å². The summed E-state index contributed by atoms with van der Waals surface area (Å²) in [6, 6.07) is 4.85. The van der Waals surface area contributed by atoms with Crippen LogP contribution in [0.1, 0.15) is 27.2 Å². The van der Waals surface area contributed by atoms with Gasteiger partial charge in [0.25, 0.3) is 0 Å². The Morgan fingerprint density at radius 3 is 2.62 bits per heavy atom. The molecule has 126 valence electrons. The summed E-state index contributed by atoms with van der Waals surface area (Å²) in [7, 11) is 1.11. The highest BCUT2D eigenvalue weighted by Gasteiger charge is 2.32. The zero-order chi connectivity index (χ0) is 18.1. The van der Waals surface area contributed by atoms with Crippen LogP contribution < -0.4 is 5.73 Å². The van der Waals surface area contributed by atoms with E-state index in [1.165, 1.54) is 12.3 Å². The van der Waals surface area contributed by atoms with Gasteiger partial charge < -0.3 is 15.0 Å². The van der Waals surface area contributed by atoms with Crippen LogP contribution in [0.3, 0.4) is 0 Å². The second-order valence-corrected chi connectivity index (χ2v) is 5.09. The maximum Gasteiger partial charge on any atom is 0.416 e. The molecule has 9 heteroatoms. The van der Waals surface area contributed by atoms with E-state index in [-0.39, 0.29) is 28.4 Å². The summed E-state index contributed by atoms with van der Waals surface area (Å²) in [5, 5.41) is 9.08. The summed E-state index contributed by atoms with van der Waals surface area (Å²) in [5.41, 5.74) is 4.92. The molecule has 2 N–H and O–H groups in total. The van der Waals surface area contributed by atoms with Crippen molar-refractivity contribution in [1.29, 1.82) is 5.26 Å². The number of carbonyl (C=O) groups excluding carboxylic acids is 1. The molecule has 0 saturated carbocycles. The first-order chi connectivity index (χ1) is 11.2. The van der Waals surface area contributed by atoms with Gasteiger partial charge >= 0.3 is 12.1 Å². The highest BCUT2D eigenvalue weighted by Crippen LogP contribution is 2.34. The number of hydrogen-bond donors (Lipinski definition) is 2. The third kappa shape index (κ3) is 3.05. The van der Waals surface area contributed by atoms with E-state index in [9.17, 15) is 18.0 Å². The Bertz CT molecular complexity index is 838. The van der Waals surface area contributed by atoms with Gasteiger partial charge in [0.15, 0.2) is 5.69 Å². The van der Waals surface area contributed by atoms with Gasteiger partial charge in [-0.25, -0.2) is 4.79 Å². The van der Waals surface area contributed by atoms with Gasteiger partial charge in [0.05, 0.1) is 29.6 Å². The number of nitriles is 1. The van der Waals surface area contributed by atoms with Crippen molar-refractivity contribution in [2.75, 3.05) is 12.8 Å². The molecule has 2 aromatic rings. The van der Waals surface area contributed by atoms with Gasteiger partial charge in [0.1, 0.15) is 6.07 Å². The number of methoxy groups -OCH3 is 1. The maximum absolute atomic E-state index is 13.0. The Kier molecular flexibility index (Phi) is 4.80. The van der Waals surface area contributed by atoms with Crippen LogP contribution in [0.15, 0.2) is 24.4 Å². The third-order valence-corrected chi connectivity index (χ3v) is 3.73. The Hall–Kier alpha value is -2.60. The number of nitrogen functional groups attached to an aromatic ring is 1. The predicted octanol–water partition coefficient (Wildman–Crippen LogP) is 3.17. The normalized spacial score (nSPS) is 11.2. The quantitative estimate of drug-likeness (QED) is 0.655. The van der Waals surface area contributed by atoms with Crippen molar-refractivity contribution in [2.45, 2.75) is 11.9 Å². The molecule has 0 radical (unpaired) electrons. The maximum atomic E-state index is 13.0. The fourth-order valence-electron chi connectivity index (χ4n) is 2.20. The molecule has 1 heterocycles. The second kappa shape index (κ2) is 6.49. The van der Waals surface area contributed by atoms with Crippen molar-refractivity contribution in [3.05, 3.63) is 46.8 Å². The molecule has 0 aliphatic heterocycles. The van der Waals surface area contributed by atoms with Crippen molar-refractivity contribution >= 4 is 24.3 Å². The molecular formula is C15H12F3N3O2S. The molecule has 0 aliphatic rings. The van der Waals surface area contributed by atoms with Gasteiger partial charge in [0.2, 0.25) is 0 Å². The van der Waals surface area contributed by atoms with Crippen LogP contribution in [-0.2, 0) is 16.7 Å². The number of nitrogens with two attached hydrogens (primary N) is 1. The van der Waals surface area contributed by atoms with E-state index in [0.717, 1.165) is 23.8 Å². The molecule has 0 aliphatic carbocycles. The summed E-state index contributed by atoms with van der Waals surface area (Å²) in [6.07, 6.45) is -3.37. The predicted molar refractivity (Wildman–Crippen MR) is 83.9 cm³/mol. The molecule has 0 saturated heterocycles. The van der Waals surface area contributed by atoms with E-state index < -0.39 is 17.7 Å². The van der Waals surface area contributed by atoms with Gasteiger partial charge in [-0.2, -0.15) is 31.1 Å². The van der Waals surface area contributed by atoms with Crippen LogP contribution in [0, 0.1) is 11.3 Å². The average molecular weight is 355 g/mol. The molecule has 5 nitrogen and oxygen atoms in total. The third-order valence-electron chi connectivity index (χ3n) is 3.39. The monoisotopic (exact) mass is 355 g/mol. The molecule has 0 unspecified atom stereocenters. The highest BCUT2D eigenvalue weighted by molar-refractivity contribution is 7.79. The largest absolute Gasteiger partial charge is 0.464 e. The van der Waals surface area contributed by atoms with E-state index in [0.29, 0.717) is 5.56 Å². The molecular weight excluding hydrogens is 343 g/mol. The van der Waals surface area contributed by atoms with Crippen LogP contribution >= 0.6 is 12.6 Å². The number of ether oxygens (including phenoxy) is 1. The molecule has 0 atom stereocenters. The number of hydrogen-bond acceptors (Lipinski definition) is 5. The highest BCUT2D eigenvalue weighted by atomic mass is 32.1. The average Bonchev–Trinajstić information content (AvgIpc) is 2.89. The topological polar surface area (TPSA) is 81.0 Å². The fraction of sp³-hybridized carbons (Fsp3) is 0.200. The minimum atomic E-state index is -4.56. The molecule has 24 heavy (non-hydrogen) atoms. The molecule has 1 aromatic heterocycles. The SMILES string of the molecule is COC(=O)c1c(N)c(C#N)cn1-c1cc(C(F)(F)F)ccc1CS. The number of nitrogens with zero attached hydrogens (tertiary/aromatic N) is 2. The summed E-state index contributed by atoms with van der Waals surface area (Å²) in [6.45, 7) is 0. The summed E-state index contributed by atoms with van der Waals surface area (Å²) < 4.78 is 44.7. The lowest BCUT2D eigenvalue weighted by Crippen LogP contribution is -2.13. The first kappa shape index (κ1) is 17.7. The number of rotatable bonds is 3. The lowest BCUT2D eigenvalue weighted by molar-refractivity contribution is -0.137. The molecule has 0 fully saturated rings. The molecule has 0 spiro atoms. The molecule has 2 rings (SSSR count). The number of thiol groups is 1. The fourth-order valence-corrected chi connectivity index (χ4v) is 2.47. The van der Waals surface area contributed by atoms with Gasteiger partial charge in [-0.05, 0) is 17.7 Å². The smallest absolute Gasteiger partial charge is 0.416 e. The van der Waals surface area contributed by atoms with Crippen LogP contribution in [0.25, 0.3) is 5.69 Å². The number of alkyl halides is 3. The number of halogens is 3. The van der Waals surface area contributed by atoms with E-state index in [2.05, 4.69) is 17.4 Å². The van der Waals surface area contributed by atoms with Crippen molar-refractivity contribution in [2.24, 2.45) is 0 Å². The van der Waals surface area contributed by atoms with Gasteiger partial charge in [-0.1, -0.05) is 6.07 Å². The standard InChI is InChI=1S/C15H12F3N3O2S/c1-23-14(22)13-12(20)9(5-19)6-21(13)11-4-10(15(16,17)18)3-2-8(11)7-24/h2-4,6,24H,7,20H2,1H3. The van der Waals surface area contributed by atoms with E-state index in [4.69, 9.17) is 11.0 Å². The molecule has 1 aromatic carbocycles. The number of esters is 1. The van der Waals surface area contributed by atoms with E-state index in [1.54, 1.807) is 6.07 Å². The lowest BCUT2D eigenvalue weighted by atomic mass is 10.1. The van der Waals surface area contributed by atoms with Crippen LogP contribution in [-0.4, -0.2) is 17.6 Å². The number of aromatic nitrogens is 1. The van der Waals surface area contributed by atoms with Crippen LogP contribution in [0.4, 0.5) is 18.9 Å². The van der Waals surface area contributed by atoms with Gasteiger partial charge in [-0.3, -0.25) is 0 Å². The first-order valence-corrected chi connectivity index (χ1v) is 7.18. The minimum absolute atomic E-state index is 0.0436. The lowest BCUT2D eigenvalue weighted by Gasteiger charge is -2.15. The zero-order valence-electron chi connectivity index (χ0n) is 12.4. The Morgan fingerprint density at radius 1 is 1.46 bits per heavy atom. The van der Waals surface area contributed by atoms with Gasteiger partial charge in [-0.15, -0.1) is 0 Å². The number of benzene rings is 1. The first-order valence-electron chi connectivity index (χ1n) is 6.55. The number of carbonyl (C=O) groups is 1. The Labute approximate surface area is 140 Å².